The van der Waals surface area contributed by atoms with Gasteiger partial charge in [0.25, 0.3) is 0 Å². The molecular weight excluding hydrogens is 174 g/mol. The fourth-order valence-electron chi connectivity index (χ4n) is 1.40. The van der Waals surface area contributed by atoms with Crippen LogP contribution in [-0.4, -0.2) is 12.1 Å². The van der Waals surface area contributed by atoms with E-state index in [0.717, 1.165) is 6.42 Å². The summed E-state index contributed by atoms with van der Waals surface area (Å²) in [6, 6.07) is 10.4. The van der Waals surface area contributed by atoms with Crippen molar-refractivity contribution in [2.75, 3.05) is 0 Å². The molecule has 2 N–H and O–H groups in total. The fourth-order valence-corrected chi connectivity index (χ4v) is 1.40. The van der Waals surface area contributed by atoms with Crippen LogP contribution in [0, 0.1) is 0 Å². The Balaban J connectivity index is 2.27. The van der Waals surface area contributed by atoms with Crippen molar-refractivity contribution in [2.45, 2.75) is 39.0 Å². The molecule has 0 heterocycles. The van der Waals surface area contributed by atoms with Gasteiger partial charge in [-0.2, -0.15) is 0 Å². The van der Waals surface area contributed by atoms with Crippen LogP contribution in [0.5, 0.6) is 0 Å². The Hall–Kier alpha value is -0.860. The largest absolute Gasteiger partial charge is 0.374 e. The van der Waals surface area contributed by atoms with E-state index in [0.29, 0.717) is 6.61 Å². The minimum absolute atomic E-state index is 0.209. The summed E-state index contributed by atoms with van der Waals surface area (Å²) < 4.78 is 5.66. The van der Waals surface area contributed by atoms with E-state index in [9.17, 15) is 0 Å². The Kier molecular flexibility index (Phi) is 4.63. The van der Waals surface area contributed by atoms with Gasteiger partial charge in [0, 0.05) is 6.04 Å². The zero-order valence-corrected chi connectivity index (χ0v) is 8.94. The van der Waals surface area contributed by atoms with E-state index >= 15 is 0 Å². The van der Waals surface area contributed by atoms with Crippen molar-refractivity contribution in [3.63, 3.8) is 0 Å². The molecule has 0 spiro atoms. The van der Waals surface area contributed by atoms with E-state index in [-0.39, 0.29) is 12.1 Å². The molecule has 0 bridgehead atoms. The smallest absolute Gasteiger partial charge is 0.0720 e. The highest BCUT2D eigenvalue weighted by Crippen LogP contribution is 2.06. The van der Waals surface area contributed by atoms with E-state index < -0.39 is 0 Å². The lowest BCUT2D eigenvalue weighted by atomic mass is 10.2. The molecule has 0 aliphatic carbocycles. The minimum atomic E-state index is 0.209. The lowest BCUT2D eigenvalue weighted by Crippen LogP contribution is -2.22. The molecule has 2 nitrogen and oxygen atoms in total. The Morgan fingerprint density at radius 2 is 1.86 bits per heavy atom. The fraction of sp³-hybridized carbons (Fsp3) is 0.500. The molecule has 78 valence electrons. The van der Waals surface area contributed by atoms with Crippen LogP contribution in [0.3, 0.4) is 0 Å². The monoisotopic (exact) mass is 193 g/mol. The average Bonchev–Trinajstić information content (AvgIpc) is 2.15. The zero-order valence-electron chi connectivity index (χ0n) is 8.94. The molecule has 0 fully saturated rings. The first-order chi connectivity index (χ1) is 6.68. The number of ether oxygens (including phenoxy) is 1. The van der Waals surface area contributed by atoms with Gasteiger partial charge in [0.05, 0.1) is 12.7 Å². The van der Waals surface area contributed by atoms with Gasteiger partial charge in [-0.1, -0.05) is 30.3 Å². The van der Waals surface area contributed by atoms with Gasteiger partial charge in [0.15, 0.2) is 0 Å². The van der Waals surface area contributed by atoms with Gasteiger partial charge in [-0.3, -0.25) is 0 Å². The van der Waals surface area contributed by atoms with E-state index in [1.54, 1.807) is 0 Å². The predicted molar refractivity (Wildman–Crippen MR) is 59.0 cm³/mol. The standard InChI is InChI=1S/C12H19NO/c1-10(13)8-11(2)14-9-12-6-4-3-5-7-12/h3-7,10-11H,8-9,13H2,1-2H3. The summed E-state index contributed by atoms with van der Waals surface area (Å²) in [6.45, 7) is 4.74. The molecule has 0 aliphatic rings. The molecule has 0 amide bonds. The summed E-state index contributed by atoms with van der Waals surface area (Å²) in [4.78, 5) is 0. The summed E-state index contributed by atoms with van der Waals surface area (Å²) >= 11 is 0. The van der Waals surface area contributed by atoms with E-state index in [1.165, 1.54) is 5.56 Å². The van der Waals surface area contributed by atoms with Gasteiger partial charge in [-0.05, 0) is 25.8 Å². The van der Waals surface area contributed by atoms with Crippen molar-refractivity contribution in [3.05, 3.63) is 35.9 Å². The third kappa shape index (κ3) is 4.40. The van der Waals surface area contributed by atoms with Gasteiger partial charge in [0.2, 0.25) is 0 Å². The first kappa shape index (κ1) is 11.2. The van der Waals surface area contributed by atoms with Gasteiger partial charge >= 0.3 is 0 Å². The van der Waals surface area contributed by atoms with Crippen molar-refractivity contribution in [3.8, 4) is 0 Å². The SMILES string of the molecule is CC(N)CC(C)OCc1ccccc1. The Morgan fingerprint density at radius 1 is 1.21 bits per heavy atom. The molecule has 2 unspecified atom stereocenters. The number of hydrogen-bond acceptors (Lipinski definition) is 2. The van der Waals surface area contributed by atoms with Crippen molar-refractivity contribution in [2.24, 2.45) is 5.73 Å². The molecule has 0 saturated carbocycles. The first-order valence-electron chi connectivity index (χ1n) is 5.09. The summed E-state index contributed by atoms with van der Waals surface area (Å²) in [5.41, 5.74) is 6.89. The molecule has 1 rings (SSSR count). The summed E-state index contributed by atoms with van der Waals surface area (Å²) in [7, 11) is 0. The van der Waals surface area contributed by atoms with Crippen molar-refractivity contribution >= 4 is 0 Å². The highest BCUT2D eigenvalue weighted by molar-refractivity contribution is 5.13. The molecule has 1 aromatic carbocycles. The van der Waals surface area contributed by atoms with Gasteiger partial charge in [-0.15, -0.1) is 0 Å². The van der Waals surface area contributed by atoms with E-state index in [2.05, 4.69) is 19.1 Å². The van der Waals surface area contributed by atoms with E-state index in [1.807, 2.05) is 25.1 Å². The van der Waals surface area contributed by atoms with Crippen LogP contribution >= 0.6 is 0 Å². The van der Waals surface area contributed by atoms with Crippen LogP contribution in [-0.2, 0) is 11.3 Å². The molecule has 2 atom stereocenters. The van der Waals surface area contributed by atoms with Gasteiger partial charge < -0.3 is 10.5 Å². The predicted octanol–water partition coefficient (Wildman–Crippen LogP) is 2.33. The highest BCUT2D eigenvalue weighted by Gasteiger charge is 2.05. The maximum absolute atomic E-state index is 5.68. The van der Waals surface area contributed by atoms with Gasteiger partial charge in [-0.25, -0.2) is 0 Å². The molecule has 1 aromatic rings. The third-order valence-corrected chi connectivity index (χ3v) is 2.08. The second kappa shape index (κ2) is 5.78. The van der Waals surface area contributed by atoms with Crippen LogP contribution in [0.15, 0.2) is 30.3 Å². The lowest BCUT2D eigenvalue weighted by Gasteiger charge is -2.14. The highest BCUT2D eigenvalue weighted by atomic mass is 16.5. The summed E-state index contributed by atoms with van der Waals surface area (Å²) in [5.74, 6) is 0. The summed E-state index contributed by atoms with van der Waals surface area (Å²) in [5, 5.41) is 0. The van der Waals surface area contributed by atoms with Crippen LogP contribution < -0.4 is 5.73 Å². The maximum atomic E-state index is 5.68. The van der Waals surface area contributed by atoms with Crippen LogP contribution in [0.25, 0.3) is 0 Å². The number of rotatable bonds is 5. The molecular formula is C12H19NO. The van der Waals surface area contributed by atoms with Crippen molar-refractivity contribution in [1.29, 1.82) is 0 Å². The van der Waals surface area contributed by atoms with Crippen molar-refractivity contribution < 1.29 is 4.74 Å². The Morgan fingerprint density at radius 3 is 2.43 bits per heavy atom. The van der Waals surface area contributed by atoms with E-state index in [4.69, 9.17) is 10.5 Å². The van der Waals surface area contributed by atoms with Crippen LogP contribution in [0.1, 0.15) is 25.8 Å². The Labute approximate surface area is 86.1 Å². The molecule has 0 aromatic heterocycles. The van der Waals surface area contributed by atoms with Crippen LogP contribution in [0.4, 0.5) is 0 Å². The molecule has 0 aliphatic heterocycles. The van der Waals surface area contributed by atoms with Crippen LogP contribution in [0.2, 0.25) is 0 Å². The third-order valence-electron chi connectivity index (χ3n) is 2.08. The lowest BCUT2D eigenvalue weighted by molar-refractivity contribution is 0.0443. The topological polar surface area (TPSA) is 35.2 Å². The summed E-state index contributed by atoms with van der Waals surface area (Å²) in [6.07, 6.45) is 1.14. The molecule has 14 heavy (non-hydrogen) atoms. The average molecular weight is 193 g/mol. The second-order valence-corrected chi connectivity index (χ2v) is 3.82. The zero-order chi connectivity index (χ0) is 10.4. The first-order valence-corrected chi connectivity index (χ1v) is 5.09. The number of hydrogen-bond donors (Lipinski definition) is 1. The normalized spacial score (nSPS) is 15.1. The number of benzene rings is 1. The Bertz CT molecular complexity index is 246. The molecule has 0 radical (unpaired) electrons. The van der Waals surface area contributed by atoms with Crippen molar-refractivity contribution in [1.82, 2.24) is 0 Å². The minimum Gasteiger partial charge on any atom is -0.374 e. The number of nitrogens with two attached hydrogens (primary N) is 1. The molecule has 0 saturated heterocycles. The van der Waals surface area contributed by atoms with Gasteiger partial charge in [0.1, 0.15) is 0 Å². The second-order valence-electron chi connectivity index (χ2n) is 3.82. The quantitative estimate of drug-likeness (QED) is 0.779. The maximum Gasteiger partial charge on any atom is 0.0720 e. The molecule has 2 heteroatoms.